The van der Waals surface area contributed by atoms with E-state index < -0.39 is 11.1 Å². The van der Waals surface area contributed by atoms with Crippen molar-refractivity contribution in [2.45, 2.75) is 39.2 Å². The Morgan fingerprint density at radius 1 is 0.974 bits per heavy atom. The molecule has 7 nitrogen and oxygen atoms in total. The number of Topliss-reactive ketones (excluding diaryl/α,β-unsaturated/α-hetero) is 1. The molecule has 2 saturated heterocycles. The fourth-order valence-corrected chi connectivity index (χ4v) is 6.05. The van der Waals surface area contributed by atoms with Crippen LogP contribution in [0.5, 0.6) is 0 Å². The quantitative estimate of drug-likeness (QED) is 0.257. The number of aromatic nitrogens is 1. The van der Waals surface area contributed by atoms with Crippen molar-refractivity contribution in [3.8, 4) is 0 Å². The van der Waals surface area contributed by atoms with Crippen molar-refractivity contribution in [3.63, 3.8) is 0 Å². The van der Waals surface area contributed by atoms with Crippen molar-refractivity contribution in [1.82, 2.24) is 14.4 Å². The third kappa shape index (κ3) is 5.63. The van der Waals surface area contributed by atoms with Crippen molar-refractivity contribution in [1.29, 1.82) is 0 Å². The van der Waals surface area contributed by atoms with Gasteiger partial charge in [-0.05, 0) is 55.8 Å². The number of imide groups is 1. The smallest absolute Gasteiger partial charge is 0.293 e. The molecular formula is C29H28BrN3O4S. The van der Waals surface area contributed by atoms with Gasteiger partial charge in [-0.25, -0.2) is 0 Å². The predicted molar refractivity (Wildman–Crippen MR) is 153 cm³/mol. The number of fused-ring (bicyclic) bond motifs is 1. The van der Waals surface area contributed by atoms with Gasteiger partial charge < -0.3 is 9.47 Å². The Balaban J connectivity index is 1.39. The molecule has 9 heteroatoms. The molecule has 2 fully saturated rings. The van der Waals surface area contributed by atoms with E-state index in [0.29, 0.717) is 5.56 Å². The van der Waals surface area contributed by atoms with E-state index in [0.717, 1.165) is 81.9 Å². The summed E-state index contributed by atoms with van der Waals surface area (Å²) in [5.41, 5.74) is 3.09. The van der Waals surface area contributed by atoms with E-state index in [2.05, 4.69) is 15.9 Å². The highest BCUT2D eigenvalue weighted by molar-refractivity contribution is 9.10. The minimum absolute atomic E-state index is 0.0770. The molecule has 3 amide bonds. The molecule has 2 aromatic carbocycles. The molecule has 38 heavy (non-hydrogen) atoms. The molecule has 0 radical (unpaired) electrons. The van der Waals surface area contributed by atoms with Gasteiger partial charge >= 0.3 is 0 Å². The Morgan fingerprint density at radius 3 is 2.39 bits per heavy atom. The van der Waals surface area contributed by atoms with Gasteiger partial charge in [0.05, 0.1) is 11.4 Å². The second kappa shape index (κ2) is 11.3. The number of nitrogens with zero attached hydrogens (tertiary/aromatic N) is 3. The molecule has 2 aliphatic heterocycles. The number of aryl methyl sites for hydroxylation is 1. The molecular weight excluding hydrogens is 566 g/mol. The van der Waals surface area contributed by atoms with Gasteiger partial charge in [-0.3, -0.25) is 24.1 Å². The molecule has 0 atom stereocenters. The van der Waals surface area contributed by atoms with E-state index in [-0.39, 0.29) is 29.7 Å². The maximum atomic E-state index is 13.2. The molecule has 0 saturated carbocycles. The van der Waals surface area contributed by atoms with Gasteiger partial charge in [0.15, 0.2) is 5.78 Å². The van der Waals surface area contributed by atoms with Crippen LogP contribution in [0, 0.1) is 6.92 Å². The molecule has 5 rings (SSSR count). The molecule has 3 aromatic rings. The molecule has 0 N–H and O–H groups in total. The first-order valence-corrected chi connectivity index (χ1v) is 14.3. The first-order chi connectivity index (χ1) is 18.3. The second-order valence-electron chi connectivity index (χ2n) is 9.73. The Labute approximate surface area is 234 Å². The normalized spacial score (nSPS) is 17.5. The van der Waals surface area contributed by atoms with E-state index in [9.17, 15) is 19.2 Å². The van der Waals surface area contributed by atoms with E-state index in [1.165, 1.54) is 0 Å². The van der Waals surface area contributed by atoms with Gasteiger partial charge in [0.25, 0.3) is 11.1 Å². The van der Waals surface area contributed by atoms with Crippen molar-refractivity contribution in [2.75, 3.05) is 19.6 Å². The Morgan fingerprint density at radius 2 is 1.68 bits per heavy atom. The molecule has 0 spiro atoms. The minimum Gasteiger partial charge on any atom is -0.341 e. The molecule has 1 aromatic heterocycles. The van der Waals surface area contributed by atoms with Crippen LogP contribution in [0.3, 0.4) is 0 Å². The van der Waals surface area contributed by atoms with Gasteiger partial charge in [0.2, 0.25) is 5.91 Å². The van der Waals surface area contributed by atoms with Crippen molar-refractivity contribution in [3.05, 3.63) is 74.7 Å². The number of carbonyl (C=O) groups is 4. The highest BCUT2D eigenvalue weighted by Crippen LogP contribution is 2.35. The van der Waals surface area contributed by atoms with Crippen molar-refractivity contribution in [2.24, 2.45) is 0 Å². The number of amides is 3. The molecule has 0 bridgehead atoms. The van der Waals surface area contributed by atoms with Crippen molar-refractivity contribution >= 4 is 67.5 Å². The standard InChI is InChI=1S/C29H28BrN3O4S/c1-19-6-8-20(9-7-19)25(34)17-33-28(36)26(38-29(33)37)14-21-16-32(24-11-10-22(30)15-23(21)24)18-27(35)31-12-4-2-3-5-13-31/h6-11,14-16H,2-5,12-13,17-18H2,1H3/b26-14-. The molecule has 196 valence electrons. The average molecular weight is 595 g/mol. The van der Waals surface area contributed by atoms with Gasteiger partial charge in [-0.1, -0.05) is 58.6 Å². The zero-order valence-corrected chi connectivity index (χ0v) is 23.5. The van der Waals surface area contributed by atoms with Gasteiger partial charge in [0.1, 0.15) is 6.54 Å². The second-order valence-corrected chi connectivity index (χ2v) is 11.6. The lowest BCUT2D eigenvalue weighted by Gasteiger charge is -2.20. The summed E-state index contributed by atoms with van der Waals surface area (Å²) in [5.74, 6) is -0.702. The number of hydrogen-bond acceptors (Lipinski definition) is 5. The summed E-state index contributed by atoms with van der Waals surface area (Å²) in [6.07, 6.45) is 7.90. The molecule has 3 heterocycles. The summed E-state index contributed by atoms with van der Waals surface area (Å²) in [7, 11) is 0. The number of carbonyl (C=O) groups excluding carboxylic acids is 4. The molecule has 0 unspecified atom stereocenters. The highest BCUT2D eigenvalue weighted by atomic mass is 79.9. The lowest BCUT2D eigenvalue weighted by atomic mass is 10.1. The van der Waals surface area contributed by atoms with Crippen LogP contribution in [-0.2, 0) is 16.1 Å². The fraction of sp³-hybridized carbons (Fsp3) is 0.310. The number of thioether (sulfide) groups is 1. The van der Waals surface area contributed by atoms with Crippen LogP contribution in [0.25, 0.3) is 17.0 Å². The topological polar surface area (TPSA) is 79.7 Å². The number of ketones is 1. The lowest BCUT2D eigenvalue weighted by molar-refractivity contribution is -0.131. The highest BCUT2D eigenvalue weighted by Gasteiger charge is 2.36. The fourth-order valence-electron chi connectivity index (χ4n) is 4.86. The maximum Gasteiger partial charge on any atom is 0.293 e. The van der Waals surface area contributed by atoms with Gasteiger partial charge in [-0.15, -0.1) is 0 Å². The van der Waals surface area contributed by atoms with Crippen LogP contribution < -0.4 is 0 Å². The number of rotatable bonds is 6. The van der Waals surface area contributed by atoms with Crippen LogP contribution in [0.15, 0.2) is 58.0 Å². The first kappa shape index (κ1) is 26.4. The first-order valence-electron chi connectivity index (χ1n) is 12.7. The predicted octanol–water partition coefficient (Wildman–Crippen LogP) is 6.03. The van der Waals surface area contributed by atoms with Gasteiger partial charge in [-0.2, -0.15) is 0 Å². The van der Waals surface area contributed by atoms with Crippen LogP contribution in [0.2, 0.25) is 0 Å². The number of halogens is 1. The van der Waals surface area contributed by atoms with E-state index in [1.54, 1.807) is 18.2 Å². The SMILES string of the molecule is Cc1ccc(C(=O)CN2C(=O)S/C(=C\c3cn(CC(=O)N4CCCCCC4)c4ccc(Br)cc34)C2=O)cc1. The van der Waals surface area contributed by atoms with Crippen LogP contribution in [0.1, 0.15) is 47.2 Å². The summed E-state index contributed by atoms with van der Waals surface area (Å²) in [6.45, 7) is 3.40. The summed E-state index contributed by atoms with van der Waals surface area (Å²) in [5, 5.41) is 0.397. The molecule has 0 aliphatic carbocycles. The Kier molecular flexibility index (Phi) is 7.85. The summed E-state index contributed by atoms with van der Waals surface area (Å²) >= 11 is 4.35. The lowest BCUT2D eigenvalue weighted by Crippen LogP contribution is -2.34. The summed E-state index contributed by atoms with van der Waals surface area (Å²) in [4.78, 5) is 54.9. The molecule has 2 aliphatic rings. The van der Waals surface area contributed by atoms with E-state index in [4.69, 9.17) is 0 Å². The van der Waals surface area contributed by atoms with Crippen LogP contribution in [-0.4, -0.2) is 56.8 Å². The largest absolute Gasteiger partial charge is 0.341 e. The van der Waals surface area contributed by atoms with Crippen LogP contribution >= 0.6 is 27.7 Å². The Bertz CT molecular complexity index is 1450. The third-order valence-electron chi connectivity index (χ3n) is 6.97. The van der Waals surface area contributed by atoms with E-state index in [1.807, 2.05) is 52.9 Å². The third-order valence-corrected chi connectivity index (χ3v) is 8.37. The Hall–Kier alpha value is -3.17. The van der Waals surface area contributed by atoms with Crippen molar-refractivity contribution < 1.29 is 19.2 Å². The number of benzene rings is 2. The monoisotopic (exact) mass is 593 g/mol. The summed E-state index contributed by atoms with van der Waals surface area (Å²) in [6, 6.07) is 12.9. The van der Waals surface area contributed by atoms with Crippen LogP contribution in [0.4, 0.5) is 4.79 Å². The van der Waals surface area contributed by atoms with E-state index >= 15 is 0 Å². The number of hydrogen-bond donors (Lipinski definition) is 0. The summed E-state index contributed by atoms with van der Waals surface area (Å²) < 4.78 is 2.78. The zero-order valence-electron chi connectivity index (χ0n) is 21.1. The zero-order chi connectivity index (χ0) is 26.8. The minimum atomic E-state index is -0.489. The van der Waals surface area contributed by atoms with Gasteiger partial charge in [0, 0.05) is 45.8 Å². The average Bonchev–Trinajstić information content (AvgIpc) is 3.19. The maximum absolute atomic E-state index is 13.2. The number of likely N-dealkylation sites (tertiary alicyclic amines) is 1.